The highest BCUT2D eigenvalue weighted by atomic mass is 32.2. The van der Waals surface area contributed by atoms with Crippen LogP contribution in [0.4, 0.5) is 16.2 Å². The highest BCUT2D eigenvalue weighted by Crippen LogP contribution is 2.32. The molecule has 3 atom stereocenters. The molecule has 0 spiro atoms. The molecule has 1 aromatic heterocycles. The Morgan fingerprint density at radius 2 is 1.68 bits per heavy atom. The fraction of sp³-hybridized carbons (Fsp3) is 0.217. The van der Waals surface area contributed by atoms with Crippen molar-refractivity contribution < 1.29 is 19.7 Å². The van der Waals surface area contributed by atoms with Gasteiger partial charge in [-0.3, -0.25) is 14.5 Å². The van der Waals surface area contributed by atoms with Crippen molar-refractivity contribution >= 4 is 28.4 Å². The van der Waals surface area contributed by atoms with Crippen molar-refractivity contribution in [3.05, 3.63) is 89.3 Å². The lowest BCUT2D eigenvalue weighted by Gasteiger charge is -2.22. The highest BCUT2D eigenvalue weighted by Gasteiger charge is 2.34. The molecule has 1 aliphatic heterocycles. The van der Waals surface area contributed by atoms with E-state index in [1.165, 1.54) is 6.07 Å². The Bertz CT molecular complexity index is 1050. The Morgan fingerprint density at radius 1 is 1.06 bits per heavy atom. The summed E-state index contributed by atoms with van der Waals surface area (Å²) in [6.45, 7) is -0.291. The van der Waals surface area contributed by atoms with E-state index in [4.69, 9.17) is 4.74 Å². The van der Waals surface area contributed by atoms with Gasteiger partial charge < -0.3 is 19.5 Å². The molecule has 0 saturated carbocycles. The van der Waals surface area contributed by atoms with E-state index in [1.807, 2.05) is 60.7 Å². The summed E-state index contributed by atoms with van der Waals surface area (Å²) in [5.41, 5.74) is 1.10. The number of hydrogen-bond acceptors (Lipinski definition) is 6. The molecule has 3 aromatic rings. The molecule has 0 unspecified atom stereocenters. The van der Waals surface area contributed by atoms with Crippen LogP contribution in [0.5, 0.6) is 0 Å². The van der Waals surface area contributed by atoms with Crippen molar-refractivity contribution in [3.63, 3.8) is 0 Å². The summed E-state index contributed by atoms with van der Waals surface area (Å²) in [6.07, 6.45) is 1.40. The number of rotatable bonds is 5. The van der Waals surface area contributed by atoms with Gasteiger partial charge in [0, 0.05) is 36.3 Å². The van der Waals surface area contributed by atoms with Gasteiger partial charge in [0.2, 0.25) is 0 Å². The lowest BCUT2D eigenvalue weighted by atomic mass is 10.2. The van der Waals surface area contributed by atoms with Crippen LogP contribution in [0.1, 0.15) is 12.6 Å². The second-order valence-corrected chi connectivity index (χ2v) is 8.10. The van der Waals surface area contributed by atoms with Gasteiger partial charge in [0.15, 0.2) is 5.43 Å². The molecule has 1 fully saturated rings. The zero-order valence-corrected chi connectivity index (χ0v) is 17.4. The first-order chi connectivity index (χ1) is 15.1. The maximum Gasteiger partial charge on any atom is 0.295 e. The number of ether oxygens (including phenoxy) is 1. The van der Waals surface area contributed by atoms with Crippen LogP contribution >= 0.6 is 11.8 Å². The Hall–Kier alpha value is -2.91. The second kappa shape index (κ2) is 9.49. The predicted octanol–water partition coefficient (Wildman–Crippen LogP) is 3.54. The molecule has 31 heavy (non-hydrogen) atoms. The van der Waals surface area contributed by atoms with Crippen molar-refractivity contribution in [2.75, 3.05) is 11.5 Å². The van der Waals surface area contributed by atoms with Gasteiger partial charge in [-0.25, -0.2) is 0 Å². The maximum absolute atomic E-state index is 13.3. The van der Waals surface area contributed by atoms with Crippen LogP contribution in [-0.2, 0) is 4.74 Å². The standard InChI is InChI=1S/C23H22N2O5S/c26-15-20-19(28)13-22(30-20)24-12-11-18(27)21(14-24)31-23(29)25(16-7-3-1-4-8-16)17-9-5-2-6-10-17/h1-12,14,19-20,22,26,28H,13,15H2/t19-,20+,22+/m0/s1. The Kier molecular flexibility index (Phi) is 6.53. The number of aromatic nitrogens is 1. The minimum atomic E-state index is -0.793. The SMILES string of the molecule is O=C(Sc1cn([C@H]2C[C@H](O)[C@@H](CO)O2)ccc1=O)N(c1ccccc1)c1ccccc1. The minimum Gasteiger partial charge on any atom is -0.394 e. The number of aliphatic hydroxyl groups is 2. The molecule has 2 heterocycles. The van der Waals surface area contributed by atoms with E-state index in [1.54, 1.807) is 21.9 Å². The van der Waals surface area contributed by atoms with Crippen LogP contribution in [0.25, 0.3) is 0 Å². The predicted molar refractivity (Wildman–Crippen MR) is 119 cm³/mol. The highest BCUT2D eigenvalue weighted by molar-refractivity contribution is 8.14. The third kappa shape index (κ3) is 4.72. The van der Waals surface area contributed by atoms with Crippen molar-refractivity contribution in [1.82, 2.24) is 4.57 Å². The molecule has 1 aliphatic rings. The lowest BCUT2D eigenvalue weighted by Crippen LogP contribution is -2.24. The fourth-order valence-corrected chi connectivity index (χ4v) is 4.28. The summed E-state index contributed by atoms with van der Waals surface area (Å²) in [5, 5.41) is 19.0. The topological polar surface area (TPSA) is 92.0 Å². The van der Waals surface area contributed by atoms with Crippen LogP contribution < -0.4 is 10.3 Å². The van der Waals surface area contributed by atoms with Crippen molar-refractivity contribution in [2.45, 2.75) is 29.8 Å². The fourth-order valence-electron chi connectivity index (χ4n) is 3.45. The largest absolute Gasteiger partial charge is 0.394 e. The normalized spacial score (nSPS) is 20.5. The molecule has 0 bridgehead atoms. The number of carbonyl (C=O) groups is 1. The van der Waals surface area contributed by atoms with Crippen LogP contribution in [0.2, 0.25) is 0 Å². The number of thioether (sulfide) groups is 1. The zero-order chi connectivity index (χ0) is 21.8. The smallest absolute Gasteiger partial charge is 0.295 e. The quantitative estimate of drug-likeness (QED) is 0.592. The first kappa shape index (κ1) is 21.3. The van der Waals surface area contributed by atoms with Crippen molar-refractivity contribution in [1.29, 1.82) is 0 Å². The van der Waals surface area contributed by atoms with Gasteiger partial charge in [-0.15, -0.1) is 0 Å². The summed E-state index contributed by atoms with van der Waals surface area (Å²) >= 11 is 0.835. The molecule has 2 aromatic carbocycles. The van der Waals surface area contributed by atoms with Gasteiger partial charge in [-0.05, 0) is 36.0 Å². The molecule has 1 saturated heterocycles. The van der Waals surface area contributed by atoms with Crippen LogP contribution in [0.3, 0.4) is 0 Å². The summed E-state index contributed by atoms with van der Waals surface area (Å²) in [4.78, 5) is 27.6. The molecule has 0 radical (unpaired) electrons. The van der Waals surface area contributed by atoms with Gasteiger partial charge in [-0.2, -0.15) is 0 Å². The number of nitrogens with zero attached hydrogens (tertiary/aromatic N) is 2. The molecule has 1 amide bonds. The van der Waals surface area contributed by atoms with E-state index in [-0.39, 0.29) is 28.6 Å². The third-order valence-corrected chi connectivity index (χ3v) is 5.92. The van der Waals surface area contributed by atoms with E-state index in [9.17, 15) is 19.8 Å². The Morgan fingerprint density at radius 3 is 2.23 bits per heavy atom. The first-order valence-corrected chi connectivity index (χ1v) is 10.7. The number of anilines is 2. The van der Waals surface area contributed by atoms with E-state index in [0.717, 1.165) is 11.8 Å². The summed E-state index contributed by atoms with van der Waals surface area (Å²) in [6, 6.07) is 19.8. The molecule has 0 aliphatic carbocycles. The van der Waals surface area contributed by atoms with Gasteiger partial charge >= 0.3 is 0 Å². The van der Waals surface area contributed by atoms with E-state index < -0.39 is 18.4 Å². The number of carbonyl (C=O) groups excluding carboxylic acids is 1. The molecule has 2 N–H and O–H groups in total. The number of pyridine rings is 1. The summed E-state index contributed by atoms with van der Waals surface area (Å²) in [5.74, 6) is 0. The number of benzene rings is 2. The Balaban J connectivity index is 1.61. The molecule has 4 rings (SSSR count). The maximum atomic E-state index is 13.3. The van der Waals surface area contributed by atoms with Gasteiger partial charge in [0.25, 0.3) is 5.24 Å². The molecule has 8 heteroatoms. The first-order valence-electron chi connectivity index (χ1n) is 9.85. The summed E-state index contributed by atoms with van der Waals surface area (Å²) < 4.78 is 7.30. The molecule has 7 nitrogen and oxygen atoms in total. The monoisotopic (exact) mass is 438 g/mol. The van der Waals surface area contributed by atoms with Crippen molar-refractivity contribution in [2.24, 2.45) is 0 Å². The number of para-hydroxylation sites is 2. The van der Waals surface area contributed by atoms with Gasteiger partial charge in [0.05, 0.1) is 17.6 Å². The van der Waals surface area contributed by atoms with Crippen LogP contribution in [0.15, 0.2) is 88.8 Å². The lowest BCUT2D eigenvalue weighted by molar-refractivity contribution is -0.0447. The minimum absolute atomic E-state index is 0.245. The second-order valence-electron chi connectivity index (χ2n) is 7.11. The average Bonchev–Trinajstić information content (AvgIpc) is 3.17. The average molecular weight is 439 g/mol. The zero-order valence-electron chi connectivity index (χ0n) is 16.6. The van der Waals surface area contributed by atoms with Crippen molar-refractivity contribution in [3.8, 4) is 0 Å². The van der Waals surface area contributed by atoms with Crippen LogP contribution in [-0.4, -0.2) is 38.8 Å². The van der Waals surface area contributed by atoms with Gasteiger partial charge in [-0.1, -0.05) is 36.4 Å². The Labute approximate surface area is 183 Å². The van der Waals surface area contributed by atoms with E-state index >= 15 is 0 Å². The molecular weight excluding hydrogens is 416 g/mol. The number of hydrogen-bond donors (Lipinski definition) is 2. The van der Waals surface area contributed by atoms with E-state index in [0.29, 0.717) is 11.4 Å². The number of amides is 1. The van der Waals surface area contributed by atoms with E-state index in [2.05, 4.69) is 0 Å². The summed E-state index contributed by atoms with van der Waals surface area (Å²) in [7, 11) is 0. The molecule has 160 valence electrons. The molecular formula is C23H22N2O5S. The van der Waals surface area contributed by atoms with Crippen LogP contribution in [0, 0.1) is 0 Å². The number of aliphatic hydroxyl groups excluding tert-OH is 2. The van der Waals surface area contributed by atoms with Gasteiger partial charge in [0.1, 0.15) is 12.3 Å². The third-order valence-electron chi connectivity index (χ3n) is 5.03.